The zero-order valence-corrected chi connectivity index (χ0v) is 26.0. The number of fused-ring (bicyclic) bond motifs is 1. The predicted molar refractivity (Wildman–Crippen MR) is 168 cm³/mol. The van der Waals surface area contributed by atoms with Crippen LogP contribution in [0.25, 0.3) is 11.4 Å². The predicted octanol–water partition coefficient (Wildman–Crippen LogP) is 5.60. The number of aromatic nitrogens is 3. The van der Waals surface area contributed by atoms with E-state index in [4.69, 9.17) is 10.5 Å². The maximum atomic E-state index is 13.3. The van der Waals surface area contributed by atoms with E-state index in [9.17, 15) is 27.6 Å². The van der Waals surface area contributed by atoms with E-state index in [1.165, 1.54) is 18.3 Å². The van der Waals surface area contributed by atoms with Gasteiger partial charge in [0.05, 0.1) is 28.8 Å². The van der Waals surface area contributed by atoms with Crippen LogP contribution in [0.1, 0.15) is 59.1 Å². The van der Waals surface area contributed by atoms with E-state index < -0.39 is 35.2 Å². The highest BCUT2D eigenvalue weighted by Gasteiger charge is 2.35. The topological polar surface area (TPSA) is 132 Å². The van der Waals surface area contributed by atoms with Crippen molar-refractivity contribution in [3.05, 3.63) is 94.3 Å². The summed E-state index contributed by atoms with van der Waals surface area (Å²) < 4.78 is 46.4. The van der Waals surface area contributed by atoms with Gasteiger partial charge in [-0.15, -0.1) is 0 Å². The first-order valence-corrected chi connectivity index (χ1v) is 14.5. The molecule has 3 amide bonds. The first-order valence-electron chi connectivity index (χ1n) is 14.5. The van der Waals surface area contributed by atoms with Crippen molar-refractivity contribution in [2.24, 2.45) is 7.05 Å². The number of imide groups is 1. The van der Waals surface area contributed by atoms with E-state index in [-0.39, 0.29) is 24.5 Å². The summed E-state index contributed by atoms with van der Waals surface area (Å²) in [6.45, 7) is 5.34. The van der Waals surface area contributed by atoms with Gasteiger partial charge in [-0.3, -0.25) is 9.59 Å². The van der Waals surface area contributed by atoms with Crippen molar-refractivity contribution in [3.63, 3.8) is 0 Å². The minimum Gasteiger partial charge on any atom is -0.443 e. The smallest absolute Gasteiger partial charge is 0.417 e. The molecule has 0 saturated carbocycles. The summed E-state index contributed by atoms with van der Waals surface area (Å²) >= 11 is 0. The highest BCUT2D eigenvalue weighted by molar-refractivity contribution is 6.05. The first-order chi connectivity index (χ1) is 22.1. The molecule has 4 aromatic rings. The number of nitrogens with two attached hydrogens (primary N) is 1. The number of ether oxygens (including phenoxy) is 1. The fourth-order valence-electron chi connectivity index (χ4n) is 5.06. The van der Waals surface area contributed by atoms with Crippen LogP contribution in [0.5, 0.6) is 0 Å². The molecule has 0 aliphatic carbocycles. The minimum absolute atomic E-state index is 0.00286. The van der Waals surface area contributed by atoms with E-state index in [0.717, 1.165) is 22.7 Å². The average molecular weight is 645 g/mol. The summed E-state index contributed by atoms with van der Waals surface area (Å²) in [5.41, 5.74) is 7.90. The van der Waals surface area contributed by atoms with Crippen molar-refractivity contribution in [2.75, 3.05) is 17.6 Å². The number of carbonyl (C=O) groups is 3. The third-order valence-electron chi connectivity index (χ3n) is 7.18. The van der Waals surface area contributed by atoms with Crippen molar-refractivity contribution in [1.82, 2.24) is 19.4 Å². The largest absolute Gasteiger partial charge is 0.443 e. The molecule has 0 bridgehead atoms. The van der Waals surface area contributed by atoms with E-state index >= 15 is 0 Å². The van der Waals surface area contributed by atoms with Crippen molar-refractivity contribution in [2.45, 2.75) is 45.4 Å². The van der Waals surface area contributed by atoms with Crippen molar-refractivity contribution < 1.29 is 32.3 Å². The number of anilines is 2. The Morgan fingerprint density at radius 2 is 1.81 bits per heavy atom. The third-order valence-corrected chi connectivity index (χ3v) is 7.18. The second-order valence-corrected chi connectivity index (χ2v) is 11.9. The number of rotatable bonds is 4. The fraction of sp³-hybridized carbons (Fsp3) is 0.265. The molecule has 1 aliphatic heterocycles. The molecule has 0 radical (unpaired) electrons. The molecule has 0 atom stereocenters. The molecule has 47 heavy (non-hydrogen) atoms. The van der Waals surface area contributed by atoms with Crippen LogP contribution in [-0.2, 0) is 35.6 Å². The molecule has 5 rings (SSSR count). The average Bonchev–Trinajstić information content (AvgIpc) is 3.32. The minimum atomic E-state index is -4.51. The molecule has 3 N–H and O–H groups in total. The molecular formula is C34H31F3N6O4. The van der Waals surface area contributed by atoms with Crippen LogP contribution in [-0.4, -0.2) is 49.5 Å². The van der Waals surface area contributed by atoms with Crippen molar-refractivity contribution >= 4 is 29.5 Å². The van der Waals surface area contributed by atoms with Crippen LogP contribution in [0.15, 0.2) is 60.8 Å². The molecule has 13 heteroatoms. The van der Waals surface area contributed by atoms with Gasteiger partial charge in [0.2, 0.25) is 11.9 Å². The molecular weight excluding hydrogens is 613 g/mol. The van der Waals surface area contributed by atoms with Crippen LogP contribution < -0.4 is 11.1 Å². The molecule has 3 heterocycles. The van der Waals surface area contributed by atoms with E-state index in [1.54, 1.807) is 58.2 Å². The zero-order chi connectivity index (χ0) is 34.1. The molecule has 0 saturated heterocycles. The van der Waals surface area contributed by atoms with Crippen LogP contribution in [0.2, 0.25) is 0 Å². The Balaban J connectivity index is 1.37. The Labute approximate surface area is 268 Å². The number of nitrogen functional groups attached to an aromatic ring is 1. The number of carbonyl (C=O) groups excluding carboxylic acids is 3. The number of nitrogens with zero attached hydrogens (tertiary/aromatic N) is 4. The lowest BCUT2D eigenvalue weighted by Gasteiger charge is -2.28. The molecule has 0 spiro atoms. The summed E-state index contributed by atoms with van der Waals surface area (Å²) in [4.78, 5) is 48.2. The lowest BCUT2D eigenvalue weighted by atomic mass is 10.1. The van der Waals surface area contributed by atoms with E-state index in [0.29, 0.717) is 40.2 Å². The lowest BCUT2D eigenvalue weighted by Crippen LogP contribution is -2.44. The maximum Gasteiger partial charge on any atom is 0.417 e. The Kier molecular flexibility index (Phi) is 8.80. The number of hydrogen-bond donors (Lipinski definition) is 2. The summed E-state index contributed by atoms with van der Waals surface area (Å²) in [6, 6.07) is 12.9. The van der Waals surface area contributed by atoms with Crippen LogP contribution in [0, 0.1) is 11.8 Å². The van der Waals surface area contributed by atoms with E-state index in [2.05, 4.69) is 27.1 Å². The molecule has 0 unspecified atom stereocenters. The number of benzene rings is 2. The molecule has 1 aliphatic rings. The summed E-state index contributed by atoms with van der Waals surface area (Å²) in [5, 5.41) is 2.69. The number of halogens is 3. The second kappa shape index (κ2) is 12.6. The number of hydrogen-bond acceptors (Lipinski definition) is 7. The van der Waals surface area contributed by atoms with Crippen molar-refractivity contribution in [1.29, 1.82) is 0 Å². The molecule has 2 aromatic carbocycles. The van der Waals surface area contributed by atoms with Crippen LogP contribution in [0.4, 0.5) is 29.6 Å². The van der Waals surface area contributed by atoms with E-state index in [1.807, 2.05) is 4.57 Å². The first kappa shape index (κ1) is 32.7. The Hall–Kier alpha value is -5.64. The van der Waals surface area contributed by atoms with Crippen molar-refractivity contribution in [3.8, 4) is 23.2 Å². The summed E-state index contributed by atoms with van der Waals surface area (Å²) in [6.07, 6.45) is -3.60. The third kappa shape index (κ3) is 7.61. The highest BCUT2D eigenvalue weighted by Crippen LogP contribution is 2.31. The highest BCUT2D eigenvalue weighted by atomic mass is 19.4. The van der Waals surface area contributed by atoms with Gasteiger partial charge in [-0.25, -0.2) is 19.7 Å². The van der Waals surface area contributed by atoms with Gasteiger partial charge in [0.15, 0.2) is 0 Å². The Morgan fingerprint density at radius 3 is 2.53 bits per heavy atom. The molecule has 0 fully saturated rings. The van der Waals surface area contributed by atoms with Gasteiger partial charge in [-0.05, 0) is 56.7 Å². The standard InChI is InChI=1S/C34H31F3N6O4/c1-33(2,3)47-32(46)43-14-13-26-25(30(43)45)18-27(42(26)4)29-22(19-39-31(38)41-29)12-11-20-7-6-10-24(16-20)40-28(44)17-21-8-5-9-23(15-21)34(35,36)37/h5-10,15-16,18-19H,13-14,17H2,1-4H3,(H,40,44)(H2,38,39,41). The van der Waals surface area contributed by atoms with Gasteiger partial charge >= 0.3 is 12.3 Å². The monoisotopic (exact) mass is 644 g/mol. The molecule has 242 valence electrons. The van der Waals surface area contributed by atoms with Gasteiger partial charge in [0, 0.05) is 43.2 Å². The SMILES string of the molecule is Cn1c(-c2nc(N)ncc2C#Cc2cccc(NC(=O)Cc3cccc(C(F)(F)F)c3)c2)cc2c1CCN(C(=O)OC(C)(C)C)C2=O. The summed E-state index contributed by atoms with van der Waals surface area (Å²) in [5.74, 6) is 5.08. The fourth-order valence-corrected chi connectivity index (χ4v) is 5.06. The number of nitrogens with one attached hydrogen (secondary N) is 1. The van der Waals surface area contributed by atoms with Crippen LogP contribution >= 0.6 is 0 Å². The normalized spacial score (nSPS) is 13.0. The van der Waals surface area contributed by atoms with Gasteiger partial charge < -0.3 is 20.4 Å². The second-order valence-electron chi connectivity index (χ2n) is 11.9. The van der Waals surface area contributed by atoms with Crippen LogP contribution in [0.3, 0.4) is 0 Å². The van der Waals surface area contributed by atoms with Gasteiger partial charge in [0.1, 0.15) is 11.3 Å². The molecule has 2 aromatic heterocycles. The molecule has 10 nitrogen and oxygen atoms in total. The Morgan fingerprint density at radius 1 is 1.06 bits per heavy atom. The van der Waals surface area contributed by atoms with Gasteiger partial charge in [0.25, 0.3) is 5.91 Å². The number of alkyl halides is 3. The summed E-state index contributed by atoms with van der Waals surface area (Å²) in [7, 11) is 1.78. The number of amides is 3. The Bertz CT molecular complexity index is 1950. The maximum absolute atomic E-state index is 13.3. The van der Waals surface area contributed by atoms with Gasteiger partial charge in [-0.2, -0.15) is 13.2 Å². The zero-order valence-electron chi connectivity index (χ0n) is 26.0. The van der Waals surface area contributed by atoms with Gasteiger partial charge in [-0.1, -0.05) is 36.1 Å². The lowest BCUT2D eigenvalue weighted by molar-refractivity contribution is -0.137. The quantitative estimate of drug-likeness (QED) is 0.277.